The van der Waals surface area contributed by atoms with E-state index in [0.29, 0.717) is 16.4 Å². The van der Waals surface area contributed by atoms with Crippen molar-refractivity contribution >= 4 is 52.0 Å². The number of carbonyl (C=O) groups excluding carboxylic acids is 1. The molecule has 3 rings (SSSR count). The molecular formula is C20H21IN2O3S. The zero-order valence-corrected chi connectivity index (χ0v) is 18.3. The molecule has 27 heavy (non-hydrogen) atoms. The van der Waals surface area contributed by atoms with Crippen molar-refractivity contribution in [3.05, 3.63) is 56.0 Å². The molecule has 7 heteroatoms. The molecule has 0 bridgehead atoms. The average Bonchev–Trinajstić information content (AvgIpc) is 3.00. The number of methoxy groups -OCH3 is 2. The molecule has 2 aromatic rings. The summed E-state index contributed by atoms with van der Waals surface area (Å²) in [6.07, 6.45) is 2.87. The second-order valence-electron chi connectivity index (χ2n) is 5.91. The highest BCUT2D eigenvalue weighted by Crippen LogP contribution is 2.36. The number of amides is 1. The summed E-state index contributed by atoms with van der Waals surface area (Å²) in [5, 5.41) is 6.29. The lowest BCUT2D eigenvalue weighted by atomic mass is 10.1. The van der Waals surface area contributed by atoms with Gasteiger partial charge in [0.2, 0.25) is 0 Å². The number of hydrogen-bond acceptors (Lipinski definition) is 5. The molecule has 0 aliphatic carbocycles. The quantitative estimate of drug-likeness (QED) is 0.457. The molecule has 1 aliphatic rings. The molecule has 1 aliphatic heterocycles. The normalized spacial score (nSPS) is 17.7. The van der Waals surface area contributed by atoms with Crippen molar-refractivity contribution < 1.29 is 14.3 Å². The van der Waals surface area contributed by atoms with Gasteiger partial charge in [-0.2, -0.15) is 0 Å². The maximum Gasteiger partial charge on any atom is 0.260 e. The molecule has 1 amide bonds. The van der Waals surface area contributed by atoms with Crippen LogP contribution in [0.1, 0.15) is 18.1 Å². The standard InChI is InChI=1S/C20H21IN2O3S/c1-4-12-5-7-14(8-6-12)22-20-23-19(24)17(27-20)11-13-9-15(21)18(26-3)16(10-13)25-2/h5-11,20,22H,4H2,1-3H3,(H,23,24)/b17-11-/t20-/m1/s1. The summed E-state index contributed by atoms with van der Waals surface area (Å²) in [5.74, 6) is 1.25. The zero-order chi connectivity index (χ0) is 19.4. The summed E-state index contributed by atoms with van der Waals surface area (Å²) in [6, 6.07) is 12.1. The number of halogens is 1. The van der Waals surface area contributed by atoms with Gasteiger partial charge in [0, 0.05) is 5.69 Å². The van der Waals surface area contributed by atoms with Gasteiger partial charge in [-0.3, -0.25) is 4.79 Å². The van der Waals surface area contributed by atoms with E-state index in [0.717, 1.165) is 21.2 Å². The molecule has 0 unspecified atom stereocenters. The van der Waals surface area contributed by atoms with E-state index < -0.39 is 0 Å². The Labute approximate surface area is 177 Å². The molecule has 1 saturated heterocycles. The van der Waals surface area contributed by atoms with E-state index in [1.165, 1.54) is 17.3 Å². The maximum absolute atomic E-state index is 12.3. The van der Waals surface area contributed by atoms with E-state index in [1.54, 1.807) is 14.2 Å². The fraction of sp³-hybridized carbons (Fsp3) is 0.250. The third kappa shape index (κ3) is 4.70. The molecular weight excluding hydrogens is 475 g/mol. The summed E-state index contributed by atoms with van der Waals surface area (Å²) in [6.45, 7) is 2.13. The molecule has 1 heterocycles. The van der Waals surface area contributed by atoms with Crippen molar-refractivity contribution in [3.8, 4) is 11.5 Å². The van der Waals surface area contributed by atoms with Crippen LogP contribution < -0.4 is 20.1 Å². The van der Waals surface area contributed by atoms with Crippen LogP contribution in [0.25, 0.3) is 6.08 Å². The number of aryl methyl sites for hydroxylation is 1. The minimum Gasteiger partial charge on any atom is -0.493 e. The minimum absolute atomic E-state index is 0.0903. The minimum atomic E-state index is -0.199. The van der Waals surface area contributed by atoms with Gasteiger partial charge < -0.3 is 20.1 Å². The Hall–Kier alpha value is -1.87. The van der Waals surface area contributed by atoms with Gasteiger partial charge in [0.25, 0.3) is 5.91 Å². The molecule has 0 spiro atoms. The van der Waals surface area contributed by atoms with Crippen LogP contribution in [0.15, 0.2) is 41.3 Å². The molecule has 5 nitrogen and oxygen atoms in total. The second-order valence-corrected chi connectivity index (χ2v) is 8.22. The molecule has 1 fully saturated rings. The summed E-state index contributed by atoms with van der Waals surface area (Å²) in [7, 11) is 3.22. The summed E-state index contributed by atoms with van der Waals surface area (Å²) in [4.78, 5) is 13.0. The van der Waals surface area contributed by atoms with Crippen molar-refractivity contribution in [1.29, 1.82) is 0 Å². The molecule has 142 valence electrons. The summed E-state index contributed by atoms with van der Waals surface area (Å²) >= 11 is 3.66. The van der Waals surface area contributed by atoms with Crippen LogP contribution in [0.3, 0.4) is 0 Å². The number of hydrogen-bond donors (Lipinski definition) is 2. The monoisotopic (exact) mass is 496 g/mol. The van der Waals surface area contributed by atoms with Crippen LogP contribution >= 0.6 is 34.4 Å². The van der Waals surface area contributed by atoms with Gasteiger partial charge >= 0.3 is 0 Å². The highest BCUT2D eigenvalue weighted by atomic mass is 127. The number of nitrogens with one attached hydrogen (secondary N) is 2. The van der Waals surface area contributed by atoms with E-state index in [9.17, 15) is 4.79 Å². The predicted molar refractivity (Wildman–Crippen MR) is 119 cm³/mol. The van der Waals surface area contributed by atoms with Crippen LogP contribution in [-0.2, 0) is 11.2 Å². The number of rotatable bonds is 6. The highest BCUT2D eigenvalue weighted by molar-refractivity contribution is 14.1. The van der Waals surface area contributed by atoms with E-state index >= 15 is 0 Å². The fourth-order valence-corrected chi connectivity index (χ4v) is 4.56. The van der Waals surface area contributed by atoms with Crippen molar-refractivity contribution in [2.75, 3.05) is 19.5 Å². The van der Waals surface area contributed by atoms with Crippen LogP contribution in [0.2, 0.25) is 0 Å². The smallest absolute Gasteiger partial charge is 0.260 e. The SMILES string of the molecule is CCc1ccc(N[C@@H]2NC(=O)/C(=C/c3cc(I)c(OC)c(OC)c3)S2)cc1. The Morgan fingerprint density at radius 3 is 2.59 bits per heavy atom. The number of anilines is 1. The second kappa shape index (κ2) is 8.88. The first-order valence-corrected chi connectivity index (χ1v) is 10.5. The van der Waals surface area contributed by atoms with Crippen molar-refractivity contribution in [2.24, 2.45) is 0 Å². The van der Waals surface area contributed by atoms with Gasteiger partial charge in [-0.25, -0.2) is 0 Å². The maximum atomic E-state index is 12.3. The highest BCUT2D eigenvalue weighted by Gasteiger charge is 2.27. The van der Waals surface area contributed by atoms with Gasteiger partial charge in [0.1, 0.15) is 0 Å². The van der Waals surface area contributed by atoms with Gasteiger partial charge in [-0.05, 0) is 70.5 Å². The first kappa shape index (κ1) is 19.9. The first-order chi connectivity index (χ1) is 13.0. The molecule has 2 aromatic carbocycles. The lowest BCUT2D eigenvalue weighted by Crippen LogP contribution is -2.30. The topological polar surface area (TPSA) is 59.6 Å². The lowest BCUT2D eigenvalue weighted by Gasteiger charge is -2.13. The Kier molecular flexibility index (Phi) is 6.54. The average molecular weight is 496 g/mol. The third-order valence-corrected chi connectivity index (χ3v) is 5.97. The van der Waals surface area contributed by atoms with E-state index in [2.05, 4.69) is 52.3 Å². The lowest BCUT2D eigenvalue weighted by molar-refractivity contribution is -0.116. The molecule has 0 radical (unpaired) electrons. The molecule has 2 N–H and O–H groups in total. The van der Waals surface area contributed by atoms with Crippen molar-refractivity contribution in [1.82, 2.24) is 5.32 Å². The van der Waals surface area contributed by atoms with Crippen LogP contribution in [0, 0.1) is 3.57 Å². The summed E-state index contributed by atoms with van der Waals surface area (Å²) in [5.41, 5.74) is 2.96. The number of benzene rings is 2. The summed E-state index contributed by atoms with van der Waals surface area (Å²) < 4.78 is 11.7. The van der Waals surface area contributed by atoms with Crippen molar-refractivity contribution in [2.45, 2.75) is 18.8 Å². The van der Waals surface area contributed by atoms with E-state index in [1.807, 2.05) is 30.3 Å². The van der Waals surface area contributed by atoms with Crippen LogP contribution in [0.5, 0.6) is 11.5 Å². The fourth-order valence-electron chi connectivity index (χ4n) is 2.73. The van der Waals surface area contributed by atoms with Gasteiger partial charge in [-0.1, -0.05) is 30.8 Å². The number of ether oxygens (including phenoxy) is 2. The number of thioether (sulfide) groups is 1. The Balaban J connectivity index is 1.76. The van der Waals surface area contributed by atoms with Crippen LogP contribution in [-0.4, -0.2) is 25.6 Å². The number of carbonyl (C=O) groups is 1. The van der Waals surface area contributed by atoms with Crippen LogP contribution in [0.4, 0.5) is 5.69 Å². The van der Waals surface area contributed by atoms with Gasteiger partial charge in [0.15, 0.2) is 17.0 Å². The van der Waals surface area contributed by atoms with E-state index in [-0.39, 0.29) is 11.4 Å². The van der Waals surface area contributed by atoms with Crippen molar-refractivity contribution in [3.63, 3.8) is 0 Å². The largest absolute Gasteiger partial charge is 0.493 e. The Morgan fingerprint density at radius 2 is 1.96 bits per heavy atom. The predicted octanol–water partition coefficient (Wildman–Crippen LogP) is 4.47. The Bertz CT molecular complexity index is 868. The zero-order valence-electron chi connectivity index (χ0n) is 15.3. The van der Waals surface area contributed by atoms with Gasteiger partial charge in [-0.15, -0.1) is 0 Å². The molecule has 1 atom stereocenters. The molecule has 0 saturated carbocycles. The Morgan fingerprint density at radius 1 is 1.22 bits per heavy atom. The molecule has 0 aromatic heterocycles. The van der Waals surface area contributed by atoms with E-state index in [4.69, 9.17) is 9.47 Å². The van der Waals surface area contributed by atoms with Gasteiger partial charge in [0.05, 0.1) is 22.7 Å². The first-order valence-electron chi connectivity index (χ1n) is 8.50. The third-order valence-electron chi connectivity index (χ3n) is 4.14.